The number of rotatable bonds is 5. The molecule has 0 bridgehead atoms. The Kier molecular flexibility index (Phi) is 5.20. The molecule has 1 aliphatic heterocycles. The van der Waals surface area contributed by atoms with Gasteiger partial charge in [0.2, 0.25) is 0 Å². The summed E-state index contributed by atoms with van der Waals surface area (Å²) < 4.78 is 13.7. The minimum absolute atomic E-state index is 0.255. The van der Waals surface area contributed by atoms with Crippen molar-refractivity contribution in [2.45, 2.75) is 25.8 Å². The molecule has 0 radical (unpaired) electrons. The van der Waals surface area contributed by atoms with Gasteiger partial charge in [-0.25, -0.2) is 9.18 Å². The summed E-state index contributed by atoms with van der Waals surface area (Å²) in [4.78, 5) is 17.3. The first kappa shape index (κ1) is 16.6. The van der Waals surface area contributed by atoms with E-state index in [-0.39, 0.29) is 5.82 Å². The van der Waals surface area contributed by atoms with E-state index in [9.17, 15) is 14.3 Å². The Bertz CT molecular complexity index is 712. The van der Waals surface area contributed by atoms with Crippen molar-refractivity contribution in [2.24, 2.45) is 5.92 Å². The minimum atomic E-state index is -0.865. The van der Waals surface area contributed by atoms with Gasteiger partial charge in [-0.1, -0.05) is 18.2 Å². The number of pyridine rings is 1. The molecule has 1 aliphatic rings. The molecular formula is C19H21FN2O2. The lowest BCUT2D eigenvalue weighted by Crippen LogP contribution is -2.34. The van der Waals surface area contributed by atoms with Crippen LogP contribution in [0.1, 0.15) is 34.3 Å². The van der Waals surface area contributed by atoms with E-state index in [2.05, 4.69) is 9.88 Å². The minimum Gasteiger partial charge on any atom is -0.478 e. The molecule has 2 aromatic rings. The van der Waals surface area contributed by atoms with Gasteiger partial charge in [0.15, 0.2) is 0 Å². The number of aromatic nitrogens is 1. The normalized spacial score (nSPS) is 16.2. The van der Waals surface area contributed by atoms with Crippen LogP contribution in [0.4, 0.5) is 4.39 Å². The van der Waals surface area contributed by atoms with Crippen molar-refractivity contribution in [1.82, 2.24) is 9.88 Å². The number of piperidine rings is 1. The Labute approximate surface area is 141 Å². The molecule has 2 heterocycles. The van der Waals surface area contributed by atoms with Crippen LogP contribution < -0.4 is 0 Å². The molecule has 4 nitrogen and oxygen atoms in total. The third-order valence-electron chi connectivity index (χ3n) is 4.71. The molecule has 3 rings (SSSR count). The largest absolute Gasteiger partial charge is 0.478 e. The van der Waals surface area contributed by atoms with Gasteiger partial charge in [0, 0.05) is 18.3 Å². The number of nitrogens with zero attached hydrogens (tertiary/aromatic N) is 2. The van der Waals surface area contributed by atoms with E-state index in [0.717, 1.165) is 37.9 Å². The van der Waals surface area contributed by atoms with Crippen molar-refractivity contribution in [2.75, 3.05) is 13.1 Å². The highest BCUT2D eigenvalue weighted by molar-refractivity contribution is 5.89. The SMILES string of the molecule is O=C(O)c1ccccc1CC1CCN(Cc2ccncc2F)CC1. The third-order valence-corrected chi connectivity index (χ3v) is 4.71. The highest BCUT2D eigenvalue weighted by Gasteiger charge is 2.22. The van der Waals surface area contributed by atoms with E-state index in [1.165, 1.54) is 6.20 Å². The van der Waals surface area contributed by atoms with Gasteiger partial charge in [0.05, 0.1) is 11.8 Å². The molecule has 0 spiro atoms. The van der Waals surface area contributed by atoms with Crippen molar-refractivity contribution in [3.8, 4) is 0 Å². The fourth-order valence-electron chi connectivity index (χ4n) is 3.34. The van der Waals surface area contributed by atoms with Crippen molar-refractivity contribution in [1.29, 1.82) is 0 Å². The summed E-state index contributed by atoms with van der Waals surface area (Å²) in [5, 5.41) is 9.28. The van der Waals surface area contributed by atoms with Crippen molar-refractivity contribution in [3.63, 3.8) is 0 Å². The molecule has 0 aliphatic carbocycles. The molecule has 5 heteroatoms. The van der Waals surface area contributed by atoms with E-state index in [4.69, 9.17) is 0 Å². The number of carbonyl (C=O) groups is 1. The van der Waals surface area contributed by atoms with Crippen LogP contribution >= 0.6 is 0 Å². The van der Waals surface area contributed by atoms with Crippen molar-refractivity contribution >= 4 is 5.97 Å². The maximum Gasteiger partial charge on any atom is 0.335 e. The monoisotopic (exact) mass is 328 g/mol. The third kappa shape index (κ3) is 3.97. The zero-order valence-electron chi connectivity index (χ0n) is 13.5. The van der Waals surface area contributed by atoms with Gasteiger partial charge < -0.3 is 5.11 Å². The Morgan fingerprint density at radius 2 is 1.96 bits per heavy atom. The zero-order valence-corrected chi connectivity index (χ0v) is 13.5. The molecule has 0 amide bonds. The summed E-state index contributed by atoms with van der Waals surface area (Å²) in [7, 11) is 0. The first-order valence-corrected chi connectivity index (χ1v) is 8.25. The van der Waals surface area contributed by atoms with Gasteiger partial charge in [0.1, 0.15) is 5.82 Å². The average Bonchev–Trinajstić information content (AvgIpc) is 2.59. The number of hydrogen-bond acceptors (Lipinski definition) is 3. The van der Waals surface area contributed by atoms with Gasteiger partial charge in [-0.15, -0.1) is 0 Å². The van der Waals surface area contributed by atoms with Gasteiger partial charge in [0.25, 0.3) is 0 Å². The molecule has 126 valence electrons. The van der Waals surface area contributed by atoms with Crippen LogP contribution in [0, 0.1) is 11.7 Å². The summed E-state index contributed by atoms with van der Waals surface area (Å²) in [6.07, 6.45) is 5.67. The number of hydrogen-bond donors (Lipinski definition) is 1. The quantitative estimate of drug-likeness (QED) is 0.914. The topological polar surface area (TPSA) is 53.4 Å². The van der Waals surface area contributed by atoms with Crippen LogP contribution in [0.15, 0.2) is 42.7 Å². The first-order chi connectivity index (χ1) is 11.6. The number of benzene rings is 1. The van der Waals surface area contributed by atoms with Crippen LogP contribution in [0.5, 0.6) is 0 Å². The molecule has 1 aromatic heterocycles. The number of likely N-dealkylation sites (tertiary alicyclic amines) is 1. The summed E-state index contributed by atoms with van der Waals surface area (Å²) in [6, 6.07) is 8.95. The predicted octanol–water partition coefficient (Wildman–Crippen LogP) is 3.37. The average molecular weight is 328 g/mol. The van der Waals surface area contributed by atoms with E-state index in [1.807, 2.05) is 12.1 Å². The smallest absolute Gasteiger partial charge is 0.335 e. The lowest BCUT2D eigenvalue weighted by atomic mass is 9.88. The number of carboxylic acid groups (broad SMARTS) is 1. The number of aromatic carboxylic acids is 1. The van der Waals surface area contributed by atoms with E-state index < -0.39 is 5.97 Å². The lowest BCUT2D eigenvalue weighted by molar-refractivity contribution is 0.0695. The Hall–Kier alpha value is -2.27. The number of halogens is 1. The summed E-state index contributed by atoms with van der Waals surface area (Å²) >= 11 is 0. The molecule has 1 saturated heterocycles. The van der Waals surface area contributed by atoms with Gasteiger partial charge in [-0.2, -0.15) is 0 Å². The Morgan fingerprint density at radius 1 is 1.21 bits per heavy atom. The molecule has 0 unspecified atom stereocenters. The maximum absolute atomic E-state index is 13.7. The van der Waals surface area contributed by atoms with Gasteiger partial charge in [-0.05, 0) is 56.0 Å². The van der Waals surface area contributed by atoms with Crippen LogP contribution in [-0.2, 0) is 13.0 Å². The molecular weight excluding hydrogens is 307 g/mol. The first-order valence-electron chi connectivity index (χ1n) is 8.25. The van der Waals surface area contributed by atoms with E-state index in [1.54, 1.807) is 24.4 Å². The van der Waals surface area contributed by atoms with Crippen molar-refractivity contribution < 1.29 is 14.3 Å². The molecule has 1 aromatic carbocycles. The number of carboxylic acids is 1. The summed E-state index contributed by atoms with van der Waals surface area (Å²) in [5.41, 5.74) is 1.99. The van der Waals surface area contributed by atoms with Gasteiger partial charge >= 0.3 is 5.97 Å². The highest BCUT2D eigenvalue weighted by Crippen LogP contribution is 2.24. The molecule has 0 saturated carbocycles. The standard InChI is InChI=1S/C19H21FN2O2/c20-18-12-21-8-5-16(18)13-22-9-6-14(7-10-22)11-15-3-1-2-4-17(15)19(23)24/h1-5,8,12,14H,6-7,9-11,13H2,(H,23,24). The molecule has 1 N–H and O–H groups in total. The second-order valence-corrected chi connectivity index (χ2v) is 6.35. The maximum atomic E-state index is 13.7. The molecule has 24 heavy (non-hydrogen) atoms. The van der Waals surface area contributed by atoms with Crippen LogP contribution in [0.2, 0.25) is 0 Å². The lowest BCUT2D eigenvalue weighted by Gasteiger charge is -2.32. The van der Waals surface area contributed by atoms with Crippen molar-refractivity contribution in [3.05, 3.63) is 65.2 Å². The van der Waals surface area contributed by atoms with E-state index >= 15 is 0 Å². The summed E-state index contributed by atoms with van der Waals surface area (Å²) in [5.74, 6) is -0.643. The Balaban J connectivity index is 1.56. The second-order valence-electron chi connectivity index (χ2n) is 6.35. The predicted molar refractivity (Wildman–Crippen MR) is 89.3 cm³/mol. The van der Waals surface area contributed by atoms with E-state index in [0.29, 0.717) is 23.6 Å². The van der Waals surface area contributed by atoms with Crippen LogP contribution in [0.25, 0.3) is 0 Å². The molecule has 0 atom stereocenters. The summed E-state index contributed by atoms with van der Waals surface area (Å²) in [6.45, 7) is 2.41. The zero-order chi connectivity index (χ0) is 16.9. The van der Waals surface area contributed by atoms with Crippen LogP contribution in [0.3, 0.4) is 0 Å². The Morgan fingerprint density at radius 3 is 2.67 bits per heavy atom. The van der Waals surface area contributed by atoms with Crippen LogP contribution in [-0.4, -0.2) is 34.0 Å². The second kappa shape index (κ2) is 7.53. The fourth-order valence-corrected chi connectivity index (χ4v) is 3.34. The highest BCUT2D eigenvalue weighted by atomic mass is 19.1. The fraction of sp³-hybridized carbons (Fsp3) is 0.368. The molecule has 1 fully saturated rings. The van der Waals surface area contributed by atoms with Gasteiger partial charge in [-0.3, -0.25) is 9.88 Å².